The Kier molecular flexibility index (Phi) is 2.42. The van der Waals surface area contributed by atoms with Crippen LogP contribution < -0.4 is 5.46 Å². The Bertz CT molecular complexity index is 424. The van der Waals surface area contributed by atoms with Crippen molar-refractivity contribution in [3.8, 4) is 0 Å². The van der Waals surface area contributed by atoms with Gasteiger partial charge in [-0.2, -0.15) is 0 Å². The first-order valence-electron chi connectivity index (χ1n) is 5.45. The van der Waals surface area contributed by atoms with Crippen molar-refractivity contribution >= 4 is 12.6 Å². The summed E-state index contributed by atoms with van der Waals surface area (Å²) in [4.78, 5) is 0. The van der Waals surface area contributed by atoms with Gasteiger partial charge in [0, 0.05) is 0 Å². The van der Waals surface area contributed by atoms with E-state index in [0.29, 0.717) is 5.46 Å². The molecule has 0 spiro atoms. The van der Waals surface area contributed by atoms with Gasteiger partial charge in [-0.05, 0) is 44.3 Å². The molecule has 0 unspecified atom stereocenters. The molecule has 0 saturated carbocycles. The van der Waals surface area contributed by atoms with E-state index in [-0.39, 0.29) is 11.2 Å². The molecular weight excluding hydrogens is 203 g/mol. The van der Waals surface area contributed by atoms with Gasteiger partial charge >= 0.3 is 7.12 Å². The monoisotopic (exact) mass is 220 g/mol. The number of hydrogen-bond donors (Lipinski definition) is 2. The second-order valence-corrected chi connectivity index (χ2v) is 5.30. The van der Waals surface area contributed by atoms with Crippen LogP contribution in [0, 0.1) is 0 Å². The van der Waals surface area contributed by atoms with Gasteiger partial charge in [0.15, 0.2) is 0 Å². The van der Waals surface area contributed by atoms with Crippen molar-refractivity contribution in [2.45, 2.75) is 38.9 Å². The number of benzene rings is 1. The molecule has 0 amide bonds. The first-order valence-corrected chi connectivity index (χ1v) is 5.45. The van der Waals surface area contributed by atoms with Gasteiger partial charge in [0.1, 0.15) is 0 Å². The van der Waals surface area contributed by atoms with E-state index in [2.05, 4.69) is 0 Å². The van der Waals surface area contributed by atoms with Crippen LogP contribution in [-0.2, 0) is 15.9 Å². The summed E-state index contributed by atoms with van der Waals surface area (Å²) in [6.45, 7) is 8.04. The lowest BCUT2D eigenvalue weighted by Crippen LogP contribution is -2.31. The minimum atomic E-state index is -1.43. The van der Waals surface area contributed by atoms with Crippen molar-refractivity contribution in [1.29, 1.82) is 0 Å². The van der Waals surface area contributed by atoms with Crippen LogP contribution in [0.25, 0.3) is 0 Å². The minimum Gasteiger partial charge on any atom is -0.423 e. The molecule has 0 radical (unpaired) electrons. The number of hydrogen-bond acceptors (Lipinski definition) is 3. The Balaban J connectivity index is 2.59. The predicted octanol–water partition coefficient (Wildman–Crippen LogP) is 0.867. The van der Waals surface area contributed by atoms with Crippen LogP contribution in [0.1, 0.15) is 38.8 Å². The van der Waals surface area contributed by atoms with Crippen LogP contribution in [0.4, 0.5) is 0 Å². The third-order valence-electron chi connectivity index (χ3n) is 3.15. The van der Waals surface area contributed by atoms with E-state index in [0.717, 1.165) is 11.1 Å². The molecule has 3 nitrogen and oxygen atoms in total. The van der Waals surface area contributed by atoms with Gasteiger partial charge in [-0.15, -0.1) is 0 Å². The SMILES string of the molecule is CC1(C)OC(C)(C)c2cc(B(O)O)ccc21. The molecule has 1 aromatic carbocycles. The van der Waals surface area contributed by atoms with Crippen molar-refractivity contribution in [3.05, 3.63) is 29.3 Å². The van der Waals surface area contributed by atoms with Crippen molar-refractivity contribution in [1.82, 2.24) is 0 Å². The summed E-state index contributed by atoms with van der Waals surface area (Å²) < 4.78 is 5.98. The van der Waals surface area contributed by atoms with Crippen LogP contribution >= 0.6 is 0 Å². The quantitative estimate of drug-likeness (QED) is 0.690. The summed E-state index contributed by atoms with van der Waals surface area (Å²) in [7, 11) is -1.43. The molecule has 0 fully saturated rings. The summed E-state index contributed by atoms with van der Waals surface area (Å²) in [5, 5.41) is 18.3. The molecule has 4 heteroatoms. The molecule has 0 bridgehead atoms. The van der Waals surface area contributed by atoms with Gasteiger partial charge in [0.2, 0.25) is 0 Å². The highest BCUT2D eigenvalue weighted by Crippen LogP contribution is 2.45. The van der Waals surface area contributed by atoms with Gasteiger partial charge in [-0.3, -0.25) is 0 Å². The molecule has 2 N–H and O–H groups in total. The van der Waals surface area contributed by atoms with Gasteiger partial charge in [-0.1, -0.05) is 18.2 Å². The molecule has 0 aliphatic carbocycles. The second kappa shape index (κ2) is 3.33. The third kappa shape index (κ3) is 1.67. The van der Waals surface area contributed by atoms with Crippen LogP contribution in [0.15, 0.2) is 18.2 Å². The normalized spacial score (nSPS) is 20.6. The fraction of sp³-hybridized carbons (Fsp3) is 0.500. The second-order valence-electron chi connectivity index (χ2n) is 5.30. The molecule has 16 heavy (non-hydrogen) atoms. The highest BCUT2D eigenvalue weighted by Gasteiger charge is 2.43. The lowest BCUT2D eigenvalue weighted by Gasteiger charge is -2.24. The Morgan fingerprint density at radius 2 is 1.56 bits per heavy atom. The van der Waals surface area contributed by atoms with Gasteiger partial charge in [0.25, 0.3) is 0 Å². The average molecular weight is 220 g/mol. The zero-order valence-corrected chi connectivity index (χ0v) is 10.1. The molecule has 86 valence electrons. The van der Waals surface area contributed by atoms with Crippen molar-refractivity contribution < 1.29 is 14.8 Å². The Morgan fingerprint density at radius 1 is 1.00 bits per heavy atom. The molecule has 1 aromatic rings. The van der Waals surface area contributed by atoms with Crippen LogP contribution in [0.3, 0.4) is 0 Å². The fourth-order valence-corrected chi connectivity index (χ4v) is 2.49. The third-order valence-corrected chi connectivity index (χ3v) is 3.15. The van der Waals surface area contributed by atoms with E-state index in [9.17, 15) is 10.0 Å². The Labute approximate surface area is 96.2 Å². The first kappa shape index (κ1) is 11.6. The van der Waals surface area contributed by atoms with Gasteiger partial charge in [-0.25, -0.2) is 0 Å². The molecule has 2 rings (SSSR count). The predicted molar refractivity (Wildman–Crippen MR) is 63.4 cm³/mol. The standard InChI is InChI=1S/C12H17BO3/c1-11(2)9-6-5-8(13(14)15)7-10(9)12(3,4)16-11/h5-7,14-15H,1-4H3. The van der Waals surface area contributed by atoms with Gasteiger partial charge in [0.05, 0.1) is 11.2 Å². The molecule has 0 aromatic heterocycles. The molecule has 0 atom stereocenters. The highest BCUT2D eigenvalue weighted by atomic mass is 16.5. The molecule has 0 saturated heterocycles. The van der Waals surface area contributed by atoms with E-state index >= 15 is 0 Å². The maximum absolute atomic E-state index is 9.17. The van der Waals surface area contributed by atoms with Crippen LogP contribution in [0.5, 0.6) is 0 Å². The highest BCUT2D eigenvalue weighted by molar-refractivity contribution is 6.58. The maximum atomic E-state index is 9.17. The van der Waals surface area contributed by atoms with E-state index < -0.39 is 7.12 Å². The Hall–Kier alpha value is -0.835. The van der Waals surface area contributed by atoms with E-state index in [1.165, 1.54) is 0 Å². The smallest absolute Gasteiger partial charge is 0.423 e. The number of ether oxygens (including phenoxy) is 1. The summed E-state index contributed by atoms with van der Waals surface area (Å²) in [5.41, 5.74) is 1.94. The zero-order valence-electron chi connectivity index (χ0n) is 10.1. The number of rotatable bonds is 1. The maximum Gasteiger partial charge on any atom is 0.488 e. The topological polar surface area (TPSA) is 49.7 Å². The number of fused-ring (bicyclic) bond motifs is 1. The summed E-state index contributed by atoms with van der Waals surface area (Å²) >= 11 is 0. The average Bonchev–Trinajstić information content (AvgIpc) is 2.32. The zero-order chi connectivity index (χ0) is 12.1. The first-order chi connectivity index (χ1) is 7.24. The summed E-state index contributed by atoms with van der Waals surface area (Å²) in [6, 6.07) is 5.46. The molecule has 1 aliphatic rings. The van der Waals surface area contributed by atoms with Crippen LogP contribution in [-0.4, -0.2) is 17.2 Å². The van der Waals surface area contributed by atoms with Gasteiger partial charge < -0.3 is 14.8 Å². The van der Waals surface area contributed by atoms with Crippen molar-refractivity contribution in [2.75, 3.05) is 0 Å². The molecule has 1 aliphatic heterocycles. The molecule has 1 heterocycles. The van der Waals surface area contributed by atoms with Crippen molar-refractivity contribution in [2.24, 2.45) is 0 Å². The van der Waals surface area contributed by atoms with E-state index in [1.807, 2.05) is 39.8 Å². The fourth-order valence-electron chi connectivity index (χ4n) is 2.49. The lowest BCUT2D eigenvalue weighted by molar-refractivity contribution is -0.105. The largest absolute Gasteiger partial charge is 0.488 e. The van der Waals surface area contributed by atoms with E-state index in [4.69, 9.17) is 4.74 Å². The van der Waals surface area contributed by atoms with Crippen LogP contribution in [0.2, 0.25) is 0 Å². The lowest BCUT2D eigenvalue weighted by atomic mass is 9.76. The molecular formula is C12H17BO3. The minimum absolute atomic E-state index is 0.322. The van der Waals surface area contributed by atoms with E-state index in [1.54, 1.807) is 6.07 Å². The summed E-state index contributed by atoms with van der Waals surface area (Å²) in [5.74, 6) is 0. The Morgan fingerprint density at radius 3 is 2.12 bits per heavy atom. The van der Waals surface area contributed by atoms with Crippen molar-refractivity contribution in [3.63, 3.8) is 0 Å². The summed E-state index contributed by atoms with van der Waals surface area (Å²) in [6.07, 6.45) is 0.